The zero-order chi connectivity index (χ0) is 19.7. The number of thioether (sulfide) groups is 1. The minimum atomic E-state index is -0.0855. The summed E-state index contributed by atoms with van der Waals surface area (Å²) in [6, 6.07) is 9.79. The van der Waals surface area contributed by atoms with Gasteiger partial charge in [0.05, 0.1) is 17.2 Å². The molecule has 2 N–H and O–H groups in total. The first kappa shape index (κ1) is 19.2. The maximum absolute atomic E-state index is 12.6. The third-order valence-electron chi connectivity index (χ3n) is 5.16. The summed E-state index contributed by atoms with van der Waals surface area (Å²) in [6.07, 6.45) is 3.10. The number of carbonyl (C=O) groups excluding carboxylic acids is 1. The molecule has 0 aliphatic heterocycles. The molecule has 1 amide bonds. The van der Waals surface area contributed by atoms with Crippen molar-refractivity contribution in [2.75, 3.05) is 5.75 Å². The van der Waals surface area contributed by atoms with Gasteiger partial charge < -0.3 is 10.3 Å². The van der Waals surface area contributed by atoms with Crippen LogP contribution in [0.25, 0.3) is 10.2 Å². The van der Waals surface area contributed by atoms with Gasteiger partial charge in [-0.1, -0.05) is 49.0 Å². The van der Waals surface area contributed by atoms with Crippen LogP contribution < -0.4 is 10.9 Å². The highest BCUT2D eigenvalue weighted by Gasteiger charge is 2.23. The molecule has 0 spiro atoms. The molecule has 2 unspecified atom stereocenters. The summed E-state index contributed by atoms with van der Waals surface area (Å²) in [4.78, 5) is 34.5. The standard InChI is InChI=1S/C21H23N3O2S2/c1-12-8-9-15-16(10-12)28-20-18(15)19(26)23-21(24-20)27-11-17(25)22-13(2)14-6-4-3-5-7-14/h3-7,12-13H,8-11H2,1-2H3,(H,22,25)(H,23,24,26). The molecule has 2 heterocycles. The molecule has 4 rings (SSSR count). The van der Waals surface area contributed by atoms with Crippen LogP contribution in [0.4, 0.5) is 0 Å². The van der Waals surface area contributed by atoms with Crippen molar-refractivity contribution in [3.63, 3.8) is 0 Å². The van der Waals surface area contributed by atoms with Crippen molar-refractivity contribution < 1.29 is 4.79 Å². The molecule has 5 nitrogen and oxygen atoms in total. The number of rotatable bonds is 5. The summed E-state index contributed by atoms with van der Waals surface area (Å²) in [7, 11) is 0. The van der Waals surface area contributed by atoms with E-state index >= 15 is 0 Å². The van der Waals surface area contributed by atoms with E-state index in [1.165, 1.54) is 22.2 Å². The van der Waals surface area contributed by atoms with E-state index in [1.54, 1.807) is 11.3 Å². The van der Waals surface area contributed by atoms with E-state index in [-0.39, 0.29) is 23.3 Å². The van der Waals surface area contributed by atoms with Gasteiger partial charge in [-0.2, -0.15) is 0 Å². The Balaban J connectivity index is 1.45. The second kappa shape index (κ2) is 8.09. The predicted octanol–water partition coefficient (Wildman–Crippen LogP) is 4.08. The number of amides is 1. The summed E-state index contributed by atoms with van der Waals surface area (Å²) < 4.78 is 0. The molecular weight excluding hydrogens is 390 g/mol. The number of aryl methyl sites for hydroxylation is 1. The van der Waals surface area contributed by atoms with E-state index in [9.17, 15) is 9.59 Å². The maximum atomic E-state index is 12.6. The van der Waals surface area contributed by atoms with Crippen molar-refractivity contribution in [3.8, 4) is 0 Å². The number of H-pyrrole nitrogens is 1. The summed E-state index contributed by atoms with van der Waals surface area (Å²) in [5, 5.41) is 4.24. The Morgan fingerprint density at radius 2 is 2.18 bits per heavy atom. The Morgan fingerprint density at radius 1 is 1.39 bits per heavy atom. The highest BCUT2D eigenvalue weighted by molar-refractivity contribution is 7.99. The molecule has 28 heavy (non-hydrogen) atoms. The third-order valence-corrected chi connectivity index (χ3v) is 7.18. The van der Waals surface area contributed by atoms with Crippen LogP contribution in [0.15, 0.2) is 40.3 Å². The number of hydrogen-bond acceptors (Lipinski definition) is 5. The zero-order valence-corrected chi connectivity index (χ0v) is 17.6. The van der Waals surface area contributed by atoms with Gasteiger partial charge >= 0.3 is 0 Å². The number of thiophene rings is 1. The lowest BCUT2D eigenvalue weighted by Gasteiger charge is -2.17. The number of aromatic amines is 1. The number of carbonyl (C=O) groups is 1. The van der Waals surface area contributed by atoms with Crippen LogP contribution in [-0.2, 0) is 17.6 Å². The first-order valence-corrected chi connectivity index (χ1v) is 11.3. The second-order valence-corrected chi connectivity index (χ2v) is 9.44. The minimum Gasteiger partial charge on any atom is -0.349 e. The van der Waals surface area contributed by atoms with Gasteiger partial charge in [0.2, 0.25) is 5.91 Å². The normalized spacial score (nSPS) is 17.3. The highest BCUT2D eigenvalue weighted by Crippen LogP contribution is 2.36. The predicted molar refractivity (Wildman–Crippen MR) is 115 cm³/mol. The van der Waals surface area contributed by atoms with Crippen molar-refractivity contribution in [2.45, 2.75) is 44.3 Å². The van der Waals surface area contributed by atoms with Crippen LogP contribution in [0.2, 0.25) is 0 Å². The summed E-state index contributed by atoms with van der Waals surface area (Å²) >= 11 is 2.90. The molecule has 2 aromatic heterocycles. The fourth-order valence-electron chi connectivity index (χ4n) is 3.64. The molecular formula is C21H23N3O2S2. The van der Waals surface area contributed by atoms with Crippen molar-refractivity contribution in [2.24, 2.45) is 5.92 Å². The van der Waals surface area contributed by atoms with E-state index in [4.69, 9.17) is 0 Å². The molecule has 0 saturated heterocycles. The van der Waals surface area contributed by atoms with E-state index in [1.807, 2.05) is 37.3 Å². The van der Waals surface area contributed by atoms with Crippen molar-refractivity contribution in [1.82, 2.24) is 15.3 Å². The quantitative estimate of drug-likeness (QED) is 0.488. The molecule has 1 aliphatic carbocycles. The minimum absolute atomic E-state index is 0.0604. The summed E-state index contributed by atoms with van der Waals surface area (Å²) in [5.74, 6) is 0.792. The second-order valence-electron chi connectivity index (χ2n) is 7.39. The molecule has 0 radical (unpaired) electrons. The number of aromatic nitrogens is 2. The first-order chi connectivity index (χ1) is 13.5. The van der Waals surface area contributed by atoms with Crippen LogP contribution in [0.1, 0.15) is 42.3 Å². The molecule has 0 saturated carbocycles. The summed E-state index contributed by atoms with van der Waals surface area (Å²) in [5.41, 5.74) is 2.16. The lowest BCUT2D eigenvalue weighted by Crippen LogP contribution is -2.28. The Hall–Kier alpha value is -2.12. The molecule has 7 heteroatoms. The van der Waals surface area contributed by atoms with Gasteiger partial charge in [0.1, 0.15) is 4.83 Å². The van der Waals surface area contributed by atoms with Crippen LogP contribution >= 0.6 is 23.1 Å². The van der Waals surface area contributed by atoms with Gasteiger partial charge in [0, 0.05) is 4.88 Å². The topological polar surface area (TPSA) is 74.8 Å². The molecule has 1 aromatic carbocycles. The first-order valence-electron chi connectivity index (χ1n) is 9.53. The molecule has 0 bridgehead atoms. The van der Waals surface area contributed by atoms with Crippen LogP contribution in [0, 0.1) is 5.92 Å². The number of hydrogen-bond donors (Lipinski definition) is 2. The Kier molecular flexibility index (Phi) is 5.55. The molecule has 1 aliphatic rings. The van der Waals surface area contributed by atoms with E-state index in [0.717, 1.165) is 35.0 Å². The van der Waals surface area contributed by atoms with Crippen LogP contribution in [-0.4, -0.2) is 21.6 Å². The molecule has 2 atom stereocenters. The van der Waals surface area contributed by atoms with E-state index in [0.29, 0.717) is 11.1 Å². The largest absolute Gasteiger partial charge is 0.349 e. The van der Waals surface area contributed by atoms with Gasteiger partial charge in [-0.3, -0.25) is 9.59 Å². The molecule has 3 aromatic rings. The Labute approximate surface area is 172 Å². The Bertz CT molecular complexity index is 1060. The van der Waals surface area contributed by atoms with Crippen molar-refractivity contribution >= 4 is 39.2 Å². The maximum Gasteiger partial charge on any atom is 0.260 e. The van der Waals surface area contributed by atoms with Gasteiger partial charge in [-0.25, -0.2) is 4.98 Å². The van der Waals surface area contributed by atoms with Crippen LogP contribution in [0.3, 0.4) is 0 Å². The zero-order valence-electron chi connectivity index (χ0n) is 16.0. The molecule has 0 fully saturated rings. The fourth-order valence-corrected chi connectivity index (χ4v) is 5.75. The number of benzene rings is 1. The molecule has 146 valence electrons. The van der Waals surface area contributed by atoms with Crippen molar-refractivity contribution in [3.05, 3.63) is 56.7 Å². The SMILES string of the molecule is CC1CCc2c(sc3nc(SCC(=O)NC(C)c4ccccc4)[nH]c(=O)c23)C1. The monoisotopic (exact) mass is 413 g/mol. The number of nitrogens with zero attached hydrogens (tertiary/aromatic N) is 1. The lowest BCUT2D eigenvalue weighted by atomic mass is 9.89. The fraction of sp³-hybridized carbons (Fsp3) is 0.381. The lowest BCUT2D eigenvalue weighted by molar-refractivity contribution is -0.119. The van der Waals surface area contributed by atoms with Crippen molar-refractivity contribution in [1.29, 1.82) is 0 Å². The average Bonchev–Trinajstić information content (AvgIpc) is 3.04. The van der Waals surface area contributed by atoms with E-state index < -0.39 is 0 Å². The average molecular weight is 414 g/mol. The smallest absolute Gasteiger partial charge is 0.260 e. The number of fused-ring (bicyclic) bond motifs is 3. The Morgan fingerprint density at radius 3 is 2.96 bits per heavy atom. The van der Waals surface area contributed by atoms with Gasteiger partial charge in [0.25, 0.3) is 5.56 Å². The van der Waals surface area contributed by atoms with Crippen LogP contribution in [0.5, 0.6) is 0 Å². The van der Waals surface area contributed by atoms with E-state index in [2.05, 4.69) is 22.2 Å². The van der Waals surface area contributed by atoms with Gasteiger partial charge in [0.15, 0.2) is 5.16 Å². The van der Waals surface area contributed by atoms with Gasteiger partial charge in [-0.05, 0) is 43.2 Å². The third kappa shape index (κ3) is 4.00. The van der Waals surface area contributed by atoms with Gasteiger partial charge in [-0.15, -0.1) is 11.3 Å². The number of nitrogens with one attached hydrogen (secondary N) is 2. The summed E-state index contributed by atoms with van der Waals surface area (Å²) in [6.45, 7) is 4.21. The highest BCUT2D eigenvalue weighted by atomic mass is 32.2.